The lowest BCUT2D eigenvalue weighted by molar-refractivity contribution is 0.167. The van der Waals surface area contributed by atoms with Gasteiger partial charge in [-0.1, -0.05) is 6.92 Å². The van der Waals surface area contributed by atoms with Gasteiger partial charge in [-0.05, 0) is 50.1 Å². The van der Waals surface area contributed by atoms with Crippen LogP contribution in [0.4, 0.5) is 0 Å². The predicted octanol–water partition coefficient (Wildman–Crippen LogP) is 1.51. The molecule has 0 aromatic heterocycles. The van der Waals surface area contributed by atoms with Crippen LogP contribution in [0.1, 0.15) is 26.2 Å². The average molecular weight is 298 g/mol. The van der Waals surface area contributed by atoms with Crippen molar-refractivity contribution in [1.82, 2.24) is 10.0 Å². The summed E-state index contributed by atoms with van der Waals surface area (Å²) < 4.78 is 32.2. The zero-order valence-corrected chi connectivity index (χ0v) is 12.6. The fourth-order valence-corrected chi connectivity index (χ4v) is 3.26. The van der Waals surface area contributed by atoms with Crippen LogP contribution in [-0.2, 0) is 10.0 Å². The molecule has 1 aromatic carbocycles. The minimum Gasteiger partial charge on any atom is -0.489 e. The van der Waals surface area contributed by atoms with Gasteiger partial charge in [-0.2, -0.15) is 0 Å². The van der Waals surface area contributed by atoms with Gasteiger partial charge in [0.25, 0.3) is 0 Å². The summed E-state index contributed by atoms with van der Waals surface area (Å²) in [5.74, 6) is 0.716. The molecule has 20 heavy (non-hydrogen) atoms. The molecule has 2 rings (SSSR count). The molecule has 0 unspecified atom stereocenters. The van der Waals surface area contributed by atoms with E-state index in [2.05, 4.69) is 10.0 Å². The fourth-order valence-electron chi connectivity index (χ4n) is 2.13. The standard InChI is InChI=1S/C14H22N2O3S/c1-2-9-16-20(17,18)14-7-5-12(6-8-14)19-13-4-3-10-15-11-13/h5-8,13,15-16H,2-4,9-11H2,1H3/t13-/m0/s1. The van der Waals surface area contributed by atoms with Crippen LogP contribution in [0, 0.1) is 0 Å². The van der Waals surface area contributed by atoms with Crippen molar-refractivity contribution < 1.29 is 13.2 Å². The third-order valence-electron chi connectivity index (χ3n) is 3.23. The number of ether oxygens (including phenoxy) is 1. The zero-order chi connectivity index (χ0) is 14.4. The summed E-state index contributed by atoms with van der Waals surface area (Å²) >= 11 is 0. The van der Waals surface area contributed by atoms with Crippen molar-refractivity contribution in [3.8, 4) is 5.75 Å². The van der Waals surface area contributed by atoms with E-state index in [-0.39, 0.29) is 11.0 Å². The molecule has 1 fully saturated rings. The van der Waals surface area contributed by atoms with Crippen LogP contribution >= 0.6 is 0 Å². The number of rotatable bonds is 6. The maximum atomic E-state index is 11.9. The molecule has 1 saturated heterocycles. The third kappa shape index (κ3) is 4.19. The lowest BCUT2D eigenvalue weighted by atomic mass is 10.1. The molecule has 1 aromatic rings. The second-order valence-electron chi connectivity index (χ2n) is 4.96. The van der Waals surface area contributed by atoms with E-state index in [4.69, 9.17) is 4.74 Å². The van der Waals surface area contributed by atoms with Crippen LogP contribution in [0.15, 0.2) is 29.2 Å². The van der Waals surface area contributed by atoms with Gasteiger partial charge in [-0.3, -0.25) is 0 Å². The normalized spacial score (nSPS) is 19.8. The van der Waals surface area contributed by atoms with Crippen molar-refractivity contribution in [2.75, 3.05) is 19.6 Å². The minimum absolute atomic E-state index is 0.171. The molecule has 5 nitrogen and oxygen atoms in total. The average Bonchev–Trinajstić information content (AvgIpc) is 2.47. The fraction of sp³-hybridized carbons (Fsp3) is 0.571. The molecule has 0 bridgehead atoms. The summed E-state index contributed by atoms with van der Waals surface area (Å²) in [5, 5.41) is 3.28. The van der Waals surface area contributed by atoms with Crippen LogP contribution in [0.3, 0.4) is 0 Å². The Labute approximate surface area is 120 Å². The Bertz CT molecular complexity index is 508. The van der Waals surface area contributed by atoms with Gasteiger partial charge in [0.2, 0.25) is 10.0 Å². The van der Waals surface area contributed by atoms with E-state index in [0.29, 0.717) is 12.3 Å². The van der Waals surface area contributed by atoms with Gasteiger partial charge in [-0.25, -0.2) is 13.1 Å². The Morgan fingerprint density at radius 2 is 2.10 bits per heavy atom. The summed E-state index contributed by atoms with van der Waals surface area (Å²) in [4.78, 5) is 0.278. The maximum Gasteiger partial charge on any atom is 0.240 e. The first-order chi connectivity index (χ1) is 9.62. The molecule has 112 valence electrons. The van der Waals surface area contributed by atoms with E-state index < -0.39 is 10.0 Å². The van der Waals surface area contributed by atoms with Gasteiger partial charge in [0, 0.05) is 13.1 Å². The molecule has 6 heteroatoms. The smallest absolute Gasteiger partial charge is 0.240 e. The van der Waals surface area contributed by atoms with Gasteiger partial charge >= 0.3 is 0 Å². The monoisotopic (exact) mass is 298 g/mol. The Hall–Kier alpha value is -1.11. The Kier molecular flexibility index (Phi) is 5.39. The zero-order valence-electron chi connectivity index (χ0n) is 11.8. The molecular weight excluding hydrogens is 276 g/mol. The largest absolute Gasteiger partial charge is 0.489 e. The van der Waals surface area contributed by atoms with Crippen molar-refractivity contribution in [3.05, 3.63) is 24.3 Å². The van der Waals surface area contributed by atoms with Crippen molar-refractivity contribution >= 4 is 10.0 Å². The SMILES string of the molecule is CCCNS(=O)(=O)c1ccc(O[C@H]2CCCNC2)cc1. The van der Waals surface area contributed by atoms with Gasteiger partial charge in [0.1, 0.15) is 11.9 Å². The molecule has 0 amide bonds. The first-order valence-electron chi connectivity index (χ1n) is 7.09. The second kappa shape index (κ2) is 7.06. The molecule has 0 radical (unpaired) electrons. The van der Waals surface area contributed by atoms with Crippen molar-refractivity contribution in [1.29, 1.82) is 0 Å². The topological polar surface area (TPSA) is 67.4 Å². The van der Waals surface area contributed by atoms with Gasteiger partial charge in [-0.15, -0.1) is 0 Å². The molecule has 1 heterocycles. The number of benzene rings is 1. The Morgan fingerprint density at radius 1 is 1.35 bits per heavy atom. The molecule has 2 N–H and O–H groups in total. The molecular formula is C14H22N2O3S. The molecule has 1 atom stereocenters. The van der Waals surface area contributed by atoms with Crippen LogP contribution in [0.25, 0.3) is 0 Å². The summed E-state index contributed by atoms with van der Waals surface area (Å²) in [5.41, 5.74) is 0. The number of nitrogens with one attached hydrogen (secondary N) is 2. The molecule has 0 aliphatic carbocycles. The van der Waals surface area contributed by atoms with Crippen LogP contribution in [0.2, 0.25) is 0 Å². The Balaban J connectivity index is 1.98. The molecule has 1 aliphatic heterocycles. The Morgan fingerprint density at radius 3 is 2.70 bits per heavy atom. The van der Waals surface area contributed by atoms with Crippen molar-refractivity contribution in [2.24, 2.45) is 0 Å². The highest BCUT2D eigenvalue weighted by molar-refractivity contribution is 7.89. The summed E-state index contributed by atoms with van der Waals surface area (Å²) in [6.07, 6.45) is 3.09. The minimum atomic E-state index is -3.39. The highest BCUT2D eigenvalue weighted by Gasteiger charge is 2.16. The van der Waals surface area contributed by atoms with Gasteiger partial charge in [0.15, 0.2) is 0 Å². The maximum absolute atomic E-state index is 11.9. The van der Waals surface area contributed by atoms with Gasteiger partial charge < -0.3 is 10.1 Å². The lowest BCUT2D eigenvalue weighted by Crippen LogP contribution is -2.37. The van der Waals surface area contributed by atoms with Crippen molar-refractivity contribution in [3.63, 3.8) is 0 Å². The van der Waals surface area contributed by atoms with E-state index in [1.54, 1.807) is 24.3 Å². The number of sulfonamides is 1. The molecule has 1 aliphatic rings. The molecule has 0 saturated carbocycles. The van der Waals surface area contributed by atoms with E-state index in [0.717, 1.165) is 32.4 Å². The van der Waals surface area contributed by atoms with E-state index in [1.165, 1.54) is 0 Å². The van der Waals surface area contributed by atoms with Crippen molar-refractivity contribution in [2.45, 2.75) is 37.2 Å². The van der Waals surface area contributed by atoms with E-state index in [9.17, 15) is 8.42 Å². The molecule has 0 spiro atoms. The van der Waals surface area contributed by atoms with Crippen LogP contribution in [0.5, 0.6) is 5.75 Å². The second-order valence-corrected chi connectivity index (χ2v) is 6.72. The predicted molar refractivity (Wildman–Crippen MR) is 78.4 cm³/mol. The number of hydrogen-bond acceptors (Lipinski definition) is 4. The number of hydrogen-bond donors (Lipinski definition) is 2. The van der Waals surface area contributed by atoms with Crippen LogP contribution in [-0.4, -0.2) is 34.2 Å². The lowest BCUT2D eigenvalue weighted by Gasteiger charge is -2.23. The highest BCUT2D eigenvalue weighted by Crippen LogP contribution is 2.18. The van der Waals surface area contributed by atoms with Crippen LogP contribution < -0.4 is 14.8 Å². The van der Waals surface area contributed by atoms with Gasteiger partial charge in [0.05, 0.1) is 4.90 Å². The van der Waals surface area contributed by atoms with E-state index in [1.807, 2.05) is 6.92 Å². The summed E-state index contributed by atoms with van der Waals surface area (Å²) in [6.45, 7) is 4.27. The highest BCUT2D eigenvalue weighted by atomic mass is 32.2. The van der Waals surface area contributed by atoms with E-state index >= 15 is 0 Å². The first-order valence-corrected chi connectivity index (χ1v) is 8.57. The summed E-state index contributed by atoms with van der Waals surface area (Å²) in [7, 11) is -3.39. The quantitative estimate of drug-likeness (QED) is 0.835. The first kappa shape index (κ1) is 15.3. The third-order valence-corrected chi connectivity index (χ3v) is 4.71. The summed E-state index contributed by atoms with van der Waals surface area (Å²) in [6, 6.07) is 6.61. The number of piperidine rings is 1.